The summed E-state index contributed by atoms with van der Waals surface area (Å²) >= 11 is 6.36. The standard InChI is InChI=1S/C27H27ClN10O2.C4F6O2/c28-21-14-30-27-33-20-9-17(12-29-13-20)1-2-18-11-19(32-25(21)35-27)3-4-22(18)34-24(39)10-16-5-7-38(8-6-16)26(40)23-15-31-37-36-23;5-3(6,7)1(11)2(12)4(8,9)10/h3-4,9,11-16H,1-2,5-8,10H2,(H,34,39)(H,31,36,37)(H2,30,32,33,35);. The van der Waals surface area contributed by atoms with E-state index in [2.05, 4.69) is 46.3 Å². The highest BCUT2D eigenvalue weighted by molar-refractivity contribution is 6.41. The average Bonchev–Trinajstić information content (AvgIpc) is 3.64. The van der Waals surface area contributed by atoms with Gasteiger partial charge in [0.05, 0.1) is 24.3 Å². The molecule has 2 aliphatic rings. The van der Waals surface area contributed by atoms with Gasteiger partial charge in [0.25, 0.3) is 5.91 Å². The summed E-state index contributed by atoms with van der Waals surface area (Å²) in [5.41, 5.74) is 4.67. The monoisotopic (exact) mass is 752 g/mol. The smallest absolute Gasteiger partial charge is 0.339 e. The van der Waals surface area contributed by atoms with Gasteiger partial charge < -0.3 is 20.9 Å². The lowest BCUT2D eigenvalue weighted by Gasteiger charge is -2.31. The van der Waals surface area contributed by atoms with Crippen molar-refractivity contribution in [1.82, 2.24) is 35.3 Å². The van der Waals surface area contributed by atoms with E-state index in [4.69, 9.17) is 11.6 Å². The molecule has 14 nitrogen and oxygen atoms in total. The van der Waals surface area contributed by atoms with Crippen LogP contribution in [-0.4, -0.2) is 84.1 Å². The third-order valence-electron chi connectivity index (χ3n) is 7.85. The second-order valence-corrected chi connectivity index (χ2v) is 12.0. The van der Waals surface area contributed by atoms with Crippen LogP contribution in [-0.2, 0) is 27.2 Å². The Hall–Kier alpha value is -5.66. The van der Waals surface area contributed by atoms with Crippen molar-refractivity contribution in [1.29, 1.82) is 0 Å². The molecule has 6 rings (SSSR count). The van der Waals surface area contributed by atoms with Gasteiger partial charge in [-0.05, 0) is 67.0 Å². The van der Waals surface area contributed by atoms with E-state index in [1.54, 1.807) is 17.3 Å². The van der Waals surface area contributed by atoms with Crippen LogP contribution >= 0.6 is 11.6 Å². The van der Waals surface area contributed by atoms with Gasteiger partial charge in [-0.3, -0.25) is 24.2 Å². The molecule has 0 aliphatic carbocycles. The van der Waals surface area contributed by atoms with Gasteiger partial charge in [-0.2, -0.15) is 46.7 Å². The summed E-state index contributed by atoms with van der Waals surface area (Å²) in [7, 11) is 0. The number of benzene rings is 1. The molecule has 2 amide bonds. The fraction of sp³-hybridized carbons (Fsp3) is 0.323. The largest absolute Gasteiger partial charge is 0.458 e. The number of aryl methyl sites for hydroxylation is 2. The van der Waals surface area contributed by atoms with Crippen molar-refractivity contribution < 1.29 is 45.5 Å². The number of nitrogens with one attached hydrogen (secondary N) is 4. The number of anilines is 5. The molecule has 1 aromatic carbocycles. The first kappa shape index (κ1) is 37.6. The number of likely N-dealkylation sites (tertiary alicyclic amines) is 1. The van der Waals surface area contributed by atoms with Crippen LogP contribution in [0.5, 0.6) is 0 Å². The molecule has 0 radical (unpaired) electrons. The number of hydrogen-bond acceptors (Lipinski definition) is 11. The van der Waals surface area contributed by atoms with Crippen molar-refractivity contribution in [2.24, 2.45) is 5.92 Å². The first-order valence-corrected chi connectivity index (χ1v) is 15.8. The highest BCUT2D eigenvalue weighted by Gasteiger charge is 2.54. The number of amides is 2. The molecule has 0 unspecified atom stereocenters. The molecule has 52 heavy (non-hydrogen) atoms. The molecule has 1 fully saturated rings. The molecule has 21 heteroatoms. The van der Waals surface area contributed by atoms with Crippen LogP contribution in [0.15, 0.2) is 49.1 Å². The number of halogens is 7. The number of piperidine rings is 1. The van der Waals surface area contributed by atoms with Crippen molar-refractivity contribution in [2.45, 2.75) is 44.5 Å². The van der Waals surface area contributed by atoms with E-state index in [-0.39, 0.29) is 17.7 Å². The molecule has 0 saturated carbocycles. The molecule has 274 valence electrons. The van der Waals surface area contributed by atoms with Gasteiger partial charge in [0.1, 0.15) is 5.02 Å². The molecule has 0 spiro atoms. The number of rotatable bonds is 5. The van der Waals surface area contributed by atoms with Crippen molar-refractivity contribution in [3.8, 4) is 0 Å². The number of H-pyrrole nitrogens is 1. The molecule has 5 heterocycles. The molecule has 1 saturated heterocycles. The van der Waals surface area contributed by atoms with E-state index < -0.39 is 23.9 Å². The first-order valence-electron chi connectivity index (χ1n) is 15.4. The van der Waals surface area contributed by atoms with Crippen molar-refractivity contribution in [3.63, 3.8) is 0 Å². The summed E-state index contributed by atoms with van der Waals surface area (Å²) in [5.74, 6) is -5.92. The summed E-state index contributed by atoms with van der Waals surface area (Å²) in [5, 5.41) is 20.0. The normalized spacial score (nSPS) is 14.6. The molecule has 0 atom stereocenters. The summed E-state index contributed by atoms with van der Waals surface area (Å²) in [6.07, 6.45) is -1.70. The van der Waals surface area contributed by atoms with Crippen LogP contribution in [0.3, 0.4) is 0 Å². The highest BCUT2D eigenvalue weighted by atomic mass is 35.5. The van der Waals surface area contributed by atoms with Gasteiger partial charge in [-0.1, -0.05) is 11.6 Å². The number of carbonyl (C=O) groups is 4. The number of aromatic amines is 1. The second kappa shape index (κ2) is 15.7. The fourth-order valence-electron chi connectivity index (χ4n) is 5.28. The Kier molecular flexibility index (Phi) is 11.4. The lowest BCUT2D eigenvalue weighted by Crippen LogP contribution is -2.39. The maximum atomic E-state index is 13.1. The van der Waals surface area contributed by atoms with Gasteiger partial charge in [0, 0.05) is 37.1 Å². The van der Waals surface area contributed by atoms with E-state index >= 15 is 0 Å². The third-order valence-corrected chi connectivity index (χ3v) is 8.13. The molecule has 4 N–H and O–H groups in total. The zero-order chi connectivity index (χ0) is 37.6. The number of aromatic nitrogens is 6. The maximum Gasteiger partial charge on any atom is 0.458 e. The number of pyridine rings is 1. The maximum absolute atomic E-state index is 13.1. The Morgan fingerprint density at radius 1 is 0.885 bits per heavy atom. The second-order valence-electron chi connectivity index (χ2n) is 11.6. The van der Waals surface area contributed by atoms with Gasteiger partial charge in [-0.25, -0.2) is 4.98 Å². The van der Waals surface area contributed by atoms with Crippen LogP contribution < -0.4 is 16.0 Å². The van der Waals surface area contributed by atoms with E-state index in [0.29, 0.717) is 48.4 Å². The lowest BCUT2D eigenvalue weighted by molar-refractivity contribution is -0.193. The topological polar surface area (TPSA) is 188 Å². The first-order chi connectivity index (χ1) is 24.6. The van der Waals surface area contributed by atoms with Gasteiger partial charge >= 0.3 is 23.9 Å². The van der Waals surface area contributed by atoms with Crippen LogP contribution in [0, 0.1) is 5.92 Å². The summed E-state index contributed by atoms with van der Waals surface area (Å²) in [6, 6.07) is 7.80. The number of carbonyl (C=O) groups excluding carboxylic acids is 4. The SMILES string of the molecule is O=C(C(=O)C(F)(F)F)C(F)(F)F.O=C(CC1CCN(C(=O)c2cn[nH]n2)CC1)Nc1ccc2cc1CCc1cncc(c1)Nc1ncc(Cl)c(n1)N2. The number of hydrogen-bond donors (Lipinski definition) is 4. The van der Waals surface area contributed by atoms with Crippen molar-refractivity contribution >= 4 is 63.8 Å². The predicted molar refractivity (Wildman–Crippen MR) is 172 cm³/mol. The number of nitrogens with zero attached hydrogens (tertiary/aromatic N) is 6. The molecule has 2 aliphatic heterocycles. The molecule has 6 bridgehead atoms. The Labute approximate surface area is 294 Å². The van der Waals surface area contributed by atoms with Crippen molar-refractivity contribution in [3.05, 3.63) is 70.9 Å². The Morgan fingerprint density at radius 3 is 2.25 bits per heavy atom. The zero-order valence-electron chi connectivity index (χ0n) is 26.6. The fourth-order valence-corrected chi connectivity index (χ4v) is 5.42. The zero-order valence-corrected chi connectivity index (χ0v) is 27.4. The molecule has 3 aromatic heterocycles. The van der Waals surface area contributed by atoms with Gasteiger partial charge in [0.2, 0.25) is 11.9 Å². The minimum absolute atomic E-state index is 0.0440. The van der Waals surface area contributed by atoms with E-state index in [1.807, 2.05) is 30.5 Å². The minimum atomic E-state index is -5.77. The molecule has 4 aromatic rings. The van der Waals surface area contributed by atoms with Crippen LogP contribution in [0.25, 0.3) is 0 Å². The Morgan fingerprint density at radius 2 is 1.60 bits per heavy atom. The number of Topliss-reactive ketones (excluding diaryl/α,β-unsaturated/α-hetero) is 2. The lowest BCUT2D eigenvalue weighted by atomic mass is 9.93. The van der Waals surface area contributed by atoms with E-state index in [0.717, 1.165) is 47.5 Å². The minimum Gasteiger partial charge on any atom is -0.339 e. The number of fused-ring (bicyclic) bond motifs is 6. The van der Waals surface area contributed by atoms with Gasteiger partial charge in [-0.15, -0.1) is 0 Å². The molecular formula is C31H27ClF6N10O4. The van der Waals surface area contributed by atoms with E-state index in [9.17, 15) is 45.5 Å². The van der Waals surface area contributed by atoms with Crippen molar-refractivity contribution in [2.75, 3.05) is 29.0 Å². The van der Waals surface area contributed by atoms with Crippen LogP contribution in [0.1, 0.15) is 40.9 Å². The molecular weight excluding hydrogens is 726 g/mol. The van der Waals surface area contributed by atoms with Gasteiger partial charge in [0.15, 0.2) is 11.5 Å². The summed E-state index contributed by atoms with van der Waals surface area (Å²) < 4.78 is 67.0. The third kappa shape index (κ3) is 9.77. The average molecular weight is 753 g/mol. The quantitative estimate of drug-likeness (QED) is 0.152. The number of ketones is 2. The highest BCUT2D eigenvalue weighted by Crippen LogP contribution is 2.30. The summed E-state index contributed by atoms with van der Waals surface area (Å²) in [4.78, 5) is 59.7. The number of alkyl halides is 6. The predicted octanol–water partition coefficient (Wildman–Crippen LogP) is 5.36. The Bertz CT molecular complexity index is 1930. The summed E-state index contributed by atoms with van der Waals surface area (Å²) in [6.45, 7) is 1.18. The van der Waals surface area contributed by atoms with Crippen LogP contribution in [0.2, 0.25) is 5.02 Å². The van der Waals surface area contributed by atoms with E-state index in [1.165, 1.54) is 6.20 Å². The Balaban J connectivity index is 0.000000376. The van der Waals surface area contributed by atoms with Crippen LogP contribution in [0.4, 0.5) is 55.2 Å².